The normalized spacial score (nSPS) is 15.9. The van der Waals surface area contributed by atoms with Crippen LogP contribution in [0.3, 0.4) is 0 Å². The van der Waals surface area contributed by atoms with E-state index in [-0.39, 0.29) is 28.3 Å². The van der Waals surface area contributed by atoms with E-state index in [2.05, 4.69) is 0 Å². The van der Waals surface area contributed by atoms with Crippen LogP contribution in [0.1, 0.15) is 37.8 Å². The molecular formula is C20H24ClF3N2O2. The summed E-state index contributed by atoms with van der Waals surface area (Å²) in [6.45, 7) is 6.11. The Balaban J connectivity index is 1.97. The van der Waals surface area contributed by atoms with Gasteiger partial charge in [-0.3, -0.25) is 9.59 Å². The number of carbonyl (C=O) groups is 2. The van der Waals surface area contributed by atoms with E-state index >= 15 is 0 Å². The monoisotopic (exact) mass is 416 g/mol. The van der Waals surface area contributed by atoms with Gasteiger partial charge in [0.15, 0.2) is 0 Å². The molecule has 2 rings (SSSR count). The molecule has 1 fully saturated rings. The van der Waals surface area contributed by atoms with Crippen LogP contribution in [0.2, 0.25) is 5.02 Å². The number of piperidine rings is 1. The van der Waals surface area contributed by atoms with Gasteiger partial charge in [0.05, 0.1) is 10.6 Å². The first kappa shape index (κ1) is 22.3. The van der Waals surface area contributed by atoms with Gasteiger partial charge in [0.25, 0.3) is 0 Å². The van der Waals surface area contributed by atoms with Crippen molar-refractivity contribution in [2.75, 3.05) is 26.2 Å². The molecule has 0 N–H and O–H groups in total. The minimum absolute atomic E-state index is 0.0847. The van der Waals surface area contributed by atoms with Crippen molar-refractivity contribution in [2.45, 2.75) is 32.9 Å². The summed E-state index contributed by atoms with van der Waals surface area (Å²) >= 11 is 5.60. The zero-order chi connectivity index (χ0) is 20.9. The van der Waals surface area contributed by atoms with Crippen molar-refractivity contribution in [1.82, 2.24) is 9.80 Å². The fourth-order valence-electron chi connectivity index (χ4n) is 3.28. The Bertz CT molecular complexity index is 737. The molecule has 1 aromatic rings. The van der Waals surface area contributed by atoms with Crippen LogP contribution in [0.4, 0.5) is 13.2 Å². The molecule has 4 nitrogen and oxygen atoms in total. The van der Waals surface area contributed by atoms with Crippen LogP contribution in [-0.2, 0) is 15.8 Å². The number of benzene rings is 1. The second kappa shape index (κ2) is 9.45. The topological polar surface area (TPSA) is 40.6 Å². The zero-order valence-electron chi connectivity index (χ0n) is 15.9. The SMILES string of the molecule is CCN(CC)C(=O)C1CCN(C(=O)/C=C/c2ccc(Cl)c(C(F)(F)F)c2)CC1. The summed E-state index contributed by atoms with van der Waals surface area (Å²) in [5, 5.41) is -0.379. The van der Waals surface area contributed by atoms with Crippen molar-refractivity contribution in [3.8, 4) is 0 Å². The molecule has 0 atom stereocenters. The molecule has 0 aromatic heterocycles. The maximum absolute atomic E-state index is 12.9. The van der Waals surface area contributed by atoms with Gasteiger partial charge in [-0.2, -0.15) is 13.2 Å². The third-order valence-corrected chi connectivity index (χ3v) is 5.27. The molecule has 1 aliphatic rings. The summed E-state index contributed by atoms with van der Waals surface area (Å²) in [7, 11) is 0. The zero-order valence-corrected chi connectivity index (χ0v) is 16.7. The van der Waals surface area contributed by atoms with Crippen LogP contribution in [0.5, 0.6) is 0 Å². The predicted octanol–water partition coefficient (Wildman–Crippen LogP) is 4.48. The Morgan fingerprint density at radius 3 is 2.36 bits per heavy atom. The molecule has 2 amide bonds. The van der Waals surface area contributed by atoms with Crippen molar-refractivity contribution in [2.24, 2.45) is 5.92 Å². The van der Waals surface area contributed by atoms with Gasteiger partial charge in [0, 0.05) is 38.2 Å². The average Bonchev–Trinajstić information content (AvgIpc) is 2.67. The van der Waals surface area contributed by atoms with E-state index in [1.807, 2.05) is 13.8 Å². The molecule has 1 saturated heterocycles. The van der Waals surface area contributed by atoms with Crippen molar-refractivity contribution in [3.63, 3.8) is 0 Å². The number of likely N-dealkylation sites (tertiary alicyclic amines) is 1. The Kier molecular flexibility index (Phi) is 7.52. The molecule has 0 spiro atoms. The molecule has 28 heavy (non-hydrogen) atoms. The third kappa shape index (κ3) is 5.50. The van der Waals surface area contributed by atoms with Crippen LogP contribution >= 0.6 is 11.6 Å². The first-order valence-corrected chi connectivity index (χ1v) is 9.67. The van der Waals surface area contributed by atoms with Gasteiger partial charge < -0.3 is 9.80 Å². The largest absolute Gasteiger partial charge is 0.417 e. The Morgan fingerprint density at radius 2 is 1.82 bits per heavy atom. The molecule has 0 radical (unpaired) electrons. The van der Waals surface area contributed by atoms with E-state index in [1.54, 1.807) is 9.80 Å². The van der Waals surface area contributed by atoms with Crippen molar-refractivity contribution < 1.29 is 22.8 Å². The minimum Gasteiger partial charge on any atom is -0.343 e. The summed E-state index contributed by atoms with van der Waals surface area (Å²) in [5.74, 6) is -0.246. The van der Waals surface area contributed by atoms with E-state index in [9.17, 15) is 22.8 Å². The van der Waals surface area contributed by atoms with Gasteiger partial charge >= 0.3 is 6.18 Å². The van der Waals surface area contributed by atoms with Crippen LogP contribution in [0.25, 0.3) is 6.08 Å². The van der Waals surface area contributed by atoms with Crippen LogP contribution < -0.4 is 0 Å². The Labute approximate surface area is 167 Å². The van der Waals surface area contributed by atoms with Gasteiger partial charge in [-0.15, -0.1) is 0 Å². The third-order valence-electron chi connectivity index (χ3n) is 4.95. The maximum atomic E-state index is 12.9. The molecule has 0 unspecified atom stereocenters. The van der Waals surface area contributed by atoms with Gasteiger partial charge in [0.1, 0.15) is 0 Å². The van der Waals surface area contributed by atoms with Gasteiger partial charge in [-0.1, -0.05) is 17.7 Å². The standard InChI is InChI=1S/C20H24ClF3N2O2/c1-3-25(4-2)19(28)15-9-11-26(12-10-15)18(27)8-6-14-5-7-17(21)16(13-14)20(22,23)24/h5-8,13,15H,3-4,9-12H2,1-2H3/b8-6+. The molecule has 8 heteroatoms. The van der Waals surface area contributed by atoms with Gasteiger partial charge in [0.2, 0.25) is 11.8 Å². The number of alkyl halides is 3. The second-order valence-corrected chi connectivity index (χ2v) is 7.09. The molecule has 0 bridgehead atoms. The summed E-state index contributed by atoms with van der Waals surface area (Å²) in [6.07, 6.45) is -0.761. The number of nitrogens with zero attached hydrogens (tertiary/aromatic N) is 2. The molecule has 1 aliphatic heterocycles. The molecule has 154 valence electrons. The number of hydrogen-bond acceptors (Lipinski definition) is 2. The summed E-state index contributed by atoms with van der Waals surface area (Å²) in [6, 6.07) is 3.51. The predicted molar refractivity (Wildman–Crippen MR) is 103 cm³/mol. The minimum atomic E-state index is -4.55. The van der Waals surface area contributed by atoms with Crippen molar-refractivity contribution >= 4 is 29.5 Å². The van der Waals surface area contributed by atoms with Gasteiger partial charge in [-0.05, 0) is 50.5 Å². The molecule has 0 aliphatic carbocycles. The summed E-state index contributed by atoms with van der Waals surface area (Å²) in [4.78, 5) is 28.1. The molecule has 0 saturated carbocycles. The quantitative estimate of drug-likeness (QED) is 0.664. The lowest BCUT2D eigenvalue weighted by Crippen LogP contribution is -2.44. The van der Waals surface area contributed by atoms with Gasteiger partial charge in [-0.25, -0.2) is 0 Å². The average molecular weight is 417 g/mol. The number of amides is 2. The Hall–Kier alpha value is -2.02. The summed E-state index contributed by atoms with van der Waals surface area (Å²) in [5.41, 5.74) is -0.684. The fraction of sp³-hybridized carbons (Fsp3) is 0.500. The van der Waals surface area contributed by atoms with E-state index in [1.165, 1.54) is 24.3 Å². The lowest BCUT2D eigenvalue weighted by Gasteiger charge is -2.33. The van der Waals surface area contributed by atoms with Crippen LogP contribution in [0, 0.1) is 5.92 Å². The Morgan fingerprint density at radius 1 is 1.21 bits per heavy atom. The number of carbonyl (C=O) groups excluding carboxylic acids is 2. The lowest BCUT2D eigenvalue weighted by atomic mass is 9.95. The first-order chi connectivity index (χ1) is 13.2. The number of hydrogen-bond donors (Lipinski definition) is 0. The summed E-state index contributed by atoms with van der Waals surface area (Å²) < 4.78 is 38.7. The highest BCUT2D eigenvalue weighted by Crippen LogP contribution is 2.35. The van der Waals surface area contributed by atoms with E-state index in [4.69, 9.17) is 11.6 Å². The van der Waals surface area contributed by atoms with E-state index in [0.717, 1.165) is 6.07 Å². The maximum Gasteiger partial charge on any atom is 0.417 e. The fourth-order valence-corrected chi connectivity index (χ4v) is 3.50. The van der Waals surface area contributed by atoms with Crippen molar-refractivity contribution in [1.29, 1.82) is 0 Å². The highest BCUT2D eigenvalue weighted by atomic mass is 35.5. The molecular weight excluding hydrogens is 393 g/mol. The second-order valence-electron chi connectivity index (χ2n) is 6.68. The van der Waals surface area contributed by atoms with Crippen LogP contribution in [0.15, 0.2) is 24.3 Å². The number of rotatable bonds is 5. The smallest absolute Gasteiger partial charge is 0.343 e. The highest BCUT2D eigenvalue weighted by Gasteiger charge is 2.33. The van der Waals surface area contributed by atoms with E-state index < -0.39 is 11.7 Å². The first-order valence-electron chi connectivity index (χ1n) is 9.29. The highest BCUT2D eigenvalue weighted by molar-refractivity contribution is 6.31. The van der Waals surface area contributed by atoms with Crippen molar-refractivity contribution in [3.05, 3.63) is 40.4 Å². The number of halogens is 4. The lowest BCUT2D eigenvalue weighted by molar-refractivity contribution is -0.139. The van der Waals surface area contributed by atoms with E-state index in [0.29, 0.717) is 39.0 Å². The molecule has 1 heterocycles. The molecule has 1 aromatic carbocycles. The van der Waals surface area contributed by atoms with Crippen LogP contribution in [-0.4, -0.2) is 47.8 Å².